The molecule has 0 amide bonds. The van der Waals surface area contributed by atoms with Crippen molar-refractivity contribution in [3.8, 4) is 0 Å². The second-order valence-electron chi connectivity index (χ2n) is 3.90. The molecule has 1 N–H and O–H groups in total. The van der Waals surface area contributed by atoms with E-state index in [2.05, 4.69) is 15.5 Å². The van der Waals surface area contributed by atoms with Crippen molar-refractivity contribution in [2.24, 2.45) is 14.1 Å². The molecule has 0 spiro atoms. The zero-order valence-corrected chi connectivity index (χ0v) is 9.72. The van der Waals surface area contributed by atoms with Crippen LogP contribution in [0.15, 0.2) is 24.7 Å². The molecule has 5 nitrogen and oxygen atoms in total. The van der Waals surface area contributed by atoms with Crippen LogP contribution in [0.1, 0.15) is 11.3 Å². The Balaban J connectivity index is 1.71. The van der Waals surface area contributed by atoms with E-state index in [-0.39, 0.29) is 0 Å². The minimum absolute atomic E-state index is 0.858. The average Bonchev–Trinajstić information content (AvgIpc) is 2.83. The molecule has 2 heterocycles. The molecule has 0 saturated heterocycles. The maximum atomic E-state index is 4.13. The lowest BCUT2D eigenvalue weighted by Crippen LogP contribution is -2.18. The van der Waals surface area contributed by atoms with Crippen molar-refractivity contribution >= 4 is 0 Å². The highest BCUT2D eigenvalue weighted by Crippen LogP contribution is 1.98. The lowest BCUT2D eigenvalue weighted by Gasteiger charge is -2.03. The van der Waals surface area contributed by atoms with Crippen molar-refractivity contribution in [3.05, 3.63) is 35.9 Å². The van der Waals surface area contributed by atoms with E-state index in [0.717, 1.165) is 19.5 Å². The molecule has 0 aliphatic rings. The SMILES string of the molecule is Cn1cc(CCNCc2ccnn2C)cn1. The number of hydrogen-bond acceptors (Lipinski definition) is 3. The van der Waals surface area contributed by atoms with Gasteiger partial charge in [0.05, 0.1) is 11.9 Å². The highest BCUT2D eigenvalue weighted by atomic mass is 15.3. The molecule has 2 rings (SSSR count). The van der Waals surface area contributed by atoms with Gasteiger partial charge in [-0.25, -0.2) is 0 Å². The molecular formula is C11H17N5. The zero-order valence-electron chi connectivity index (χ0n) is 9.72. The van der Waals surface area contributed by atoms with Gasteiger partial charge in [0.1, 0.15) is 0 Å². The molecule has 0 aliphatic carbocycles. The molecular weight excluding hydrogens is 202 g/mol. The molecule has 5 heteroatoms. The Morgan fingerprint density at radius 1 is 1.31 bits per heavy atom. The van der Waals surface area contributed by atoms with Crippen molar-refractivity contribution in [1.82, 2.24) is 24.9 Å². The molecule has 0 bridgehead atoms. The number of hydrogen-bond donors (Lipinski definition) is 1. The van der Waals surface area contributed by atoms with Gasteiger partial charge in [-0.05, 0) is 24.6 Å². The van der Waals surface area contributed by atoms with Crippen molar-refractivity contribution in [2.75, 3.05) is 6.54 Å². The van der Waals surface area contributed by atoms with E-state index in [1.54, 1.807) is 0 Å². The van der Waals surface area contributed by atoms with E-state index < -0.39 is 0 Å². The quantitative estimate of drug-likeness (QED) is 0.744. The maximum absolute atomic E-state index is 4.13. The zero-order chi connectivity index (χ0) is 11.4. The van der Waals surface area contributed by atoms with Crippen LogP contribution in [-0.2, 0) is 27.1 Å². The largest absolute Gasteiger partial charge is 0.311 e. The monoisotopic (exact) mass is 219 g/mol. The van der Waals surface area contributed by atoms with Crippen molar-refractivity contribution in [3.63, 3.8) is 0 Å². The summed E-state index contributed by atoms with van der Waals surface area (Å²) in [7, 11) is 3.89. The molecule has 16 heavy (non-hydrogen) atoms. The first-order valence-corrected chi connectivity index (χ1v) is 5.41. The molecule has 0 saturated carbocycles. The Morgan fingerprint density at radius 2 is 2.19 bits per heavy atom. The first-order chi connectivity index (χ1) is 7.75. The summed E-state index contributed by atoms with van der Waals surface area (Å²) in [5.74, 6) is 0. The van der Waals surface area contributed by atoms with Gasteiger partial charge in [0.2, 0.25) is 0 Å². The third kappa shape index (κ3) is 2.70. The van der Waals surface area contributed by atoms with Gasteiger partial charge in [-0.1, -0.05) is 0 Å². The molecule has 0 radical (unpaired) electrons. The highest BCUT2D eigenvalue weighted by Gasteiger charge is 1.98. The van der Waals surface area contributed by atoms with E-state index in [1.165, 1.54) is 11.3 Å². The Hall–Kier alpha value is -1.62. The van der Waals surface area contributed by atoms with Gasteiger partial charge in [-0.15, -0.1) is 0 Å². The first-order valence-electron chi connectivity index (χ1n) is 5.41. The summed E-state index contributed by atoms with van der Waals surface area (Å²) in [6, 6.07) is 2.02. The van der Waals surface area contributed by atoms with Gasteiger partial charge in [0, 0.05) is 33.0 Å². The van der Waals surface area contributed by atoms with Gasteiger partial charge in [0.25, 0.3) is 0 Å². The van der Waals surface area contributed by atoms with Crippen LogP contribution in [-0.4, -0.2) is 26.1 Å². The molecule has 2 aromatic rings. The normalized spacial score (nSPS) is 10.9. The third-order valence-corrected chi connectivity index (χ3v) is 2.58. The van der Waals surface area contributed by atoms with E-state index >= 15 is 0 Å². The topological polar surface area (TPSA) is 47.7 Å². The summed E-state index contributed by atoms with van der Waals surface area (Å²) in [5.41, 5.74) is 2.46. The van der Waals surface area contributed by atoms with Crippen LogP contribution < -0.4 is 5.32 Å². The van der Waals surface area contributed by atoms with E-state index in [9.17, 15) is 0 Å². The van der Waals surface area contributed by atoms with Crippen LogP contribution in [0.2, 0.25) is 0 Å². The molecule has 86 valence electrons. The molecule has 0 fully saturated rings. The minimum Gasteiger partial charge on any atom is -0.311 e. The van der Waals surface area contributed by atoms with Gasteiger partial charge < -0.3 is 5.32 Å². The summed E-state index contributed by atoms with van der Waals surface area (Å²) in [6.07, 6.45) is 6.78. The minimum atomic E-state index is 0.858. The number of rotatable bonds is 5. The van der Waals surface area contributed by atoms with E-state index in [0.29, 0.717) is 0 Å². The van der Waals surface area contributed by atoms with Gasteiger partial charge in [0.15, 0.2) is 0 Å². The van der Waals surface area contributed by atoms with E-state index in [4.69, 9.17) is 0 Å². The van der Waals surface area contributed by atoms with Crippen LogP contribution in [0.3, 0.4) is 0 Å². The summed E-state index contributed by atoms with van der Waals surface area (Å²) >= 11 is 0. The molecule has 0 aliphatic heterocycles. The van der Waals surface area contributed by atoms with Crippen LogP contribution in [0.5, 0.6) is 0 Å². The summed E-state index contributed by atoms with van der Waals surface area (Å²) < 4.78 is 3.72. The summed E-state index contributed by atoms with van der Waals surface area (Å²) in [4.78, 5) is 0. The van der Waals surface area contributed by atoms with Crippen molar-refractivity contribution in [1.29, 1.82) is 0 Å². The number of nitrogens with zero attached hydrogens (tertiary/aromatic N) is 4. The van der Waals surface area contributed by atoms with Crippen LogP contribution in [0.4, 0.5) is 0 Å². The Kier molecular flexibility index (Phi) is 3.36. The predicted molar refractivity (Wildman–Crippen MR) is 61.8 cm³/mol. The summed E-state index contributed by atoms with van der Waals surface area (Å²) in [5, 5.41) is 11.6. The second-order valence-corrected chi connectivity index (χ2v) is 3.90. The maximum Gasteiger partial charge on any atom is 0.0522 e. The molecule has 0 unspecified atom stereocenters. The van der Waals surface area contributed by atoms with E-state index in [1.807, 2.05) is 48.1 Å². The smallest absolute Gasteiger partial charge is 0.0522 e. The number of aromatic nitrogens is 4. The molecule has 0 atom stereocenters. The van der Waals surface area contributed by atoms with Crippen molar-refractivity contribution in [2.45, 2.75) is 13.0 Å². The fraction of sp³-hybridized carbons (Fsp3) is 0.455. The van der Waals surface area contributed by atoms with Crippen molar-refractivity contribution < 1.29 is 0 Å². The Bertz CT molecular complexity index is 443. The standard InChI is InChI=1S/C11H17N5/c1-15-9-10(7-14-15)3-5-12-8-11-4-6-13-16(11)2/h4,6-7,9,12H,3,5,8H2,1-2H3. The Morgan fingerprint density at radius 3 is 2.81 bits per heavy atom. The average molecular weight is 219 g/mol. The predicted octanol–water partition coefficient (Wildman–Crippen LogP) is 0.486. The molecule has 0 aromatic carbocycles. The van der Waals surface area contributed by atoms with Gasteiger partial charge in [-0.3, -0.25) is 9.36 Å². The fourth-order valence-electron chi connectivity index (χ4n) is 1.62. The Labute approximate surface area is 95.1 Å². The van der Waals surface area contributed by atoms with Gasteiger partial charge >= 0.3 is 0 Å². The van der Waals surface area contributed by atoms with Crippen LogP contribution in [0, 0.1) is 0 Å². The summed E-state index contributed by atoms with van der Waals surface area (Å²) in [6.45, 7) is 1.81. The fourth-order valence-corrected chi connectivity index (χ4v) is 1.62. The number of aryl methyl sites for hydroxylation is 2. The second kappa shape index (κ2) is 4.94. The van der Waals surface area contributed by atoms with Gasteiger partial charge in [-0.2, -0.15) is 10.2 Å². The van der Waals surface area contributed by atoms with Crippen LogP contribution >= 0.6 is 0 Å². The van der Waals surface area contributed by atoms with Crippen LogP contribution in [0.25, 0.3) is 0 Å². The first kappa shape index (κ1) is 10.9. The highest BCUT2D eigenvalue weighted by molar-refractivity contribution is 5.04. The lowest BCUT2D eigenvalue weighted by molar-refractivity contribution is 0.625. The third-order valence-electron chi connectivity index (χ3n) is 2.58. The molecule has 2 aromatic heterocycles. The lowest BCUT2D eigenvalue weighted by atomic mass is 10.2. The number of nitrogens with one attached hydrogen (secondary N) is 1.